The predicted molar refractivity (Wildman–Crippen MR) is 78.7 cm³/mol. The van der Waals surface area contributed by atoms with Crippen molar-refractivity contribution in [1.29, 1.82) is 0 Å². The monoisotopic (exact) mass is 295 g/mol. The third-order valence-corrected chi connectivity index (χ3v) is 3.65. The zero-order valence-corrected chi connectivity index (χ0v) is 12.3. The van der Waals surface area contributed by atoms with Gasteiger partial charge in [-0.2, -0.15) is 0 Å². The first-order valence-corrected chi connectivity index (χ1v) is 7.01. The van der Waals surface area contributed by atoms with Crippen molar-refractivity contribution in [1.82, 2.24) is 9.97 Å². The molecule has 2 aromatic rings. The van der Waals surface area contributed by atoms with Gasteiger partial charge in [0, 0.05) is 17.5 Å². The van der Waals surface area contributed by atoms with E-state index < -0.39 is 0 Å². The average molecular weight is 296 g/mol. The van der Waals surface area contributed by atoms with Gasteiger partial charge in [0.15, 0.2) is 5.16 Å². The third kappa shape index (κ3) is 3.75. The molecule has 4 nitrogen and oxygen atoms in total. The number of aromatic nitrogens is 2. The van der Waals surface area contributed by atoms with Crippen molar-refractivity contribution >= 4 is 29.2 Å². The van der Waals surface area contributed by atoms with Crippen molar-refractivity contribution in [2.75, 3.05) is 12.8 Å². The number of hydrogen-bond donors (Lipinski definition) is 1. The molecule has 0 fully saturated rings. The highest BCUT2D eigenvalue weighted by atomic mass is 35.5. The molecular weight excluding hydrogens is 282 g/mol. The van der Waals surface area contributed by atoms with E-state index in [4.69, 9.17) is 22.1 Å². The maximum Gasteiger partial charge on any atom is 0.190 e. The van der Waals surface area contributed by atoms with Crippen molar-refractivity contribution in [3.05, 3.63) is 40.5 Å². The summed E-state index contributed by atoms with van der Waals surface area (Å²) in [6.45, 7) is 1.90. The number of hydrogen-bond acceptors (Lipinski definition) is 5. The summed E-state index contributed by atoms with van der Waals surface area (Å²) in [5, 5.41) is 1.27. The molecule has 0 aliphatic rings. The number of rotatable bonds is 4. The molecule has 2 rings (SSSR count). The highest BCUT2D eigenvalue weighted by molar-refractivity contribution is 7.98. The van der Waals surface area contributed by atoms with Gasteiger partial charge in [-0.3, -0.25) is 0 Å². The second-order valence-electron chi connectivity index (χ2n) is 3.97. The Morgan fingerprint density at radius 1 is 1.32 bits per heavy atom. The van der Waals surface area contributed by atoms with Crippen molar-refractivity contribution < 1.29 is 4.74 Å². The molecular formula is C13H14ClN3OS. The summed E-state index contributed by atoms with van der Waals surface area (Å²) in [7, 11) is 1.60. The summed E-state index contributed by atoms with van der Waals surface area (Å²) in [5.41, 5.74) is 7.63. The Balaban J connectivity index is 2.08. The summed E-state index contributed by atoms with van der Waals surface area (Å²) in [4.78, 5) is 8.50. The van der Waals surface area contributed by atoms with Crippen molar-refractivity contribution in [2.24, 2.45) is 0 Å². The summed E-state index contributed by atoms with van der Waals surface area (Å²) < 4.78 is 5.11. The van der Waals surface area contributed by atoms with E-state index in [2.05, 4.69) is 9.97 Å². The largest absolute Gasteiger partial charge is 0.495 e. The van der Waals surface area contributed by atoms with E-state index in [1.165, 1.54) is 11.8 Å². The Labute approximate surface area is 121 Å². The molecule has 19 heavy (non-hydrogen) atoms. The number of nitrogens with zero attached hydrogens (tertiary/aromatic N) is 2. The van der Waals surface area contributed by atoms with Gasteiger partial charge in [0.2, 0.25) is 0 Å². The van der Waals surface area contributed by atoms with Crippen LogP contribution in [0.15, 0.2) is 29.4 Å². The second-order valence-corrected chi connectivity index (χ2v) is 5.32. The molecule has 0 aliphatic carbocycles. The van der Waals surface area contributed by atoms with Gasteiger partial charge in [-0.15, -0.1) is 0 Å². The predicted octanol–water partition coefficient (Wildman–Crippen LogP) is 3.32. The van der Waals surface area contributed by atoms with E-state index in [1.54, 1.807) is 13.2 Å². The zero-order valence-electron chi connectivity index (χ0n) is 10.7. The lowest BCUT2D eigenvalue weighted by atomic mass is 10.2. The average Bonchev–Trinajstić information content (AvgIpc) is 2.35. The van der Waals surface area contributed by atoms with Gasteiger partial charge in [-0.05, 0) is 24.6 Å². The van der Waals surface area contributed by atoms with Crippen molar-refractivity contribution in [3.63, 3.8) is 0 Å². The van der Waals surface area contributed by atoms with E-state index in [0.717, 1.165) is 17.0 Å². The number of nitrogens with two attached hydrogens (primary N) is 1. The van der Waals surface area contributed by atoms with Gasteiger partial charge < -0.3 is 10.5 Å². The van der Waals surface area contributed by atoms with Crippen LogP contribution in [0.2, 0.25) is 5.02 Å². The van der Waals surface area contributed by atoms with Crippen LogP contribution in [0.25, 0.3) is 0 Å². The fraction of sp³-hybridized carbons (Fsp3) is 0.231. The number of methoxy groups -OCH3 is 1. The molecule has 6 heteroatoms. The first-order chi connectivity index (χ1) is 9.08. The SMILES string of the molecule is COc1ccc(CSc2nc(C)cc(N)n2)cc1Cl. The minimum atomic E-state index is 0.489. The molecule has 1 heterocycles. The lowest BCUT2D eigenvalue weighted by Crippen LogP contribution is -1.96. The Morgan fingerprint density at radius 2 is 2.11 bits per heavy atom. The quantitative estimate of drug-likeness (QED) is 0.692. The topological polar surface area (TPSA) is 61.0 Å². The van der Waals surface area contributed by atoms with Crippen LogP contribution in [-0.2, 0) is 5.75 Å². The highest BCUT2D eigenvalue weighted by Gasteiger charge is 2.05. The smallest absolute Gasteiger partial charge is 0.190 e. The minimum Gasteiger partial charge on any atom is -0.495 e. The summed E-state index contributed by atoms with van der Waals surface area (Å²) >= 11 is 7.60. The number of halogens is 1. The maximum absolute atomic E-state index is 6.08. The van der Waals surface area contributed by atoms with Crippen LogP contribution in [0, 0.1) is 6.92 Å². The fourth-order valence-electron chi connectivity index (χ4n) is 1.58. The van der Waals surface area contributed by atoms with Crippen LogP contribution in [0.1, 0.15) is 11.3 Å². The van der Waals surface area contributed by atoms with Gasteiger partial charge in [-0.25, -0.2) is 9.97 Å². The highest BCUT2D eigenvalue weighted by Crippen LogP contribution is 2.28. The second kappa shape index (κ2) is 6.12. The van der Waals surface area contributed by atoms with Gasteiger partial charge in [0.1, 0.15) is 11.6 Å². The number of ether oxygens (including phenoxy) is 1. The zero-order chi connectivity index (χ0) is 13.8. The van der Waals surface area contributed by atoms with Crippen LogP contribution in [0.3, 0.4) is 0 Å². The summed E-state index contributed by atoms with van der Waals surface area (Å²) in [6, 6.07) is 7.45. The molecule has 2 N–H and O–H groups in total. The first-order valence-electron chi connectivity index (χ1n) is 5.65. The molecule has 0 unspecified atom stereocenters. The van der Waals surface area contributed by atoms with Gasteiger partial charge in [0.05, 0.1) is 12.1 Å². The lowest BCUT2D eigenvalue weighted by Gasteiger charge is -2.06. The summed E-state index contributed by atoms with van der Waals surface area (Å²) in [6.07, 6.45) is 0. The molecule has 100 valence electrons. The van der Waals surface area contributed by atoms with Crippen LogP contribution in [0.5, 0.6) is 5.75 Å². The van der Waals surface area contributed by atoms with E-state index in [9.17, 15) is 0 Å². The van der Waals surface area contributed by atoms with Gasteiger partial charge in [0.25, 0.3) is 0 Å². The van der Waals surface area contributed by atoms with E-state index >= 15 is 0 Å². The van der Waals surface area contributed by atoms with Crippen molar-refractivity contribution in [2.45, 2.75) is 17.8 Å². The Hall–Kier alpha value is -1.46. The maximum atomic E-state index is 6.08. The molecule has 0 saturated heterocycles. The molecule has 1 aromatic carbocycles. The van der Waals surface area contributed by atoms with Gasteiger partial charge in [-0.1, -0.05) is 29.4 Å². The Bertz CT molecular complexity index is 572. The van der Waals surface area contributed by atoms with Crippen LogP contribution in [0.4, 0.5) is 5.82 Å². The summed E-state index contributed by atoms with van der Waals surface area (Å²) in [5.74, 6) is 1.89. The Morgan fingerprint density at radius 3 is 2.74 bits per heavy atom. The number of benzene rings is 1. The molecule has 0 spiro atoms. The molecule has 0 saturated carbocycles. The number of anilines is 1. The Kier molecular flexibility index (Phi) is 4.50. The fourth-order valence-corrected chi connectivity index (χ4v) is 2.71. The number of aryl methyl sites for hydroxylation is 1. The third-order valence-electron chi connectivity index (χ3n) is 2.44. The molecule has 0 radical (unpaired) electrons. The van der Waals surface area contributed by atoms with Gasteiger partial charge >= 0.3 is 0 Å². The van der Waals surface area contributed by atoms with E-state index in [1.807, 2.05) is 25.1 Å². The first kappa shape index (κ1) is 14.0. The molecule has 0 bridgehead atoms. The van der Waals surface area contributed by atoms with Crippen LogP contribution in [-0.4, -0.2) is 17.1 Å². The molecule has 0 atom stereocenters. The van der Waals surface area contributed by atoms with E-state index in [-0.39, 0.29) is 0 Å². The van der Waals surface area contributed by atoms with Crippen LogP contribution >= 0.6 is 23.4 Å². The normalized spacial score (nSPS) is 10.5. The molecule has 1 aromatic heterocycles. The number of nitrogen functional groups attached to an aromatic ring is 1. The molecule has 0 amide bonds. The standard InChI is InChI=1S/C13H14ClN3OS/c1-8-5-12(15)17-13(16-8)19-7-9-3-4-11(18-2)10(14)6-9/h3-6H,7H2,1-2H3,(H2,15,16,17). The van der Waals surface area contributed by atoms with E-state index in [0.29, 0.717) is 21.7 Å². The van der Waals surface area contributed by atoms with Crippen molar-refractivity contribution in [3.8, 4) is 5.75 Å². The minimum absolute atomic E-state index is 0.489. The number of thioether (sulfide) groups is 1. The lowest BCUT2D eigenvalue weighted by molar-refractivity contribution is 0.415. The molecule has 0 aliphatic heterocycles. The van der Waals surface area contributed by atoms with Crippen LogP contribution < -0.4 is 10.5 Å².